The highest BCUT2D eigenvalue weighted by Gasteiger charge is 2.12. The average Bonchev–Trinajstić information content (AvgIpc) is 2.04. The maximum absolute atomic E-state index is 10.8. The molecule has 0 aliphatic heterocycles. The van der Waals surface area contributed by atoms with E-state index in [4.69, 9.17) is 5.21 Å². The molecule has 0 heterocycles. The molecule has 0 spiro atoms. The third kappa shape index (κ3) is 1.66. The fraction of sp³-hybridized carbons (Fsp3) is 0.125. The van der Waals surface area contributed by atoms with Crippen molar-refractivity contribution in [2.45, 2.75) is 6.92 Å². The SMILES string of the molecule is CC(=O)c1cccc([N+](=O)O)c1. The number of ketones is 1. The fourth-order valence-electron chi connectivity index (χ4n) is 0.844. The molecule has 1 rings (SSSR count). The van der Waals surface area contributed by atoms with Gasteiger partial charge in [0.1, 0.15) is 0 Å². The summed E-state index contributed by atoms with van der Waals surface area (Å²) in [7, 11) is 0. The summed E-state index contributed by atoms with van der Waals surface area (Å²) in [5.74, 6) is -0.140. The van der Waals surface area contributed by atoms with E-state index in [9.17, 15) is 9.70 Å². The summed E-state index contributed by atoms with van der Waals surface area (Å²) < 4.78 is 0. The summed E-state index contributed by atoms with van der Waals surface area (Å²) in [6.45, 7) is 1.39. The number of carbonyl (C=O) groups is 1. The van der Waals surface area contributed by atoms with E-state index in [2.05, 4.69) is 0 Å². The molecule has 0 radical (unpaired) electrons. The van der Waals surface area contributed by atoms with Gasteiger partial charge in [-0.15, -0.1) is 0 Å². The minimum Gasteiger partial charge on any atom is -0.295 e. The van der Waals surface area contributed by atoms with Crippen LogP contribution in [0.3, 0.4) is 0 Å². The van der Waals surface area contributed by atoms with E-state index in [0.29, 0.717) is 5.56 Å². The third-order valence-electron chi connectivity index (χ3n) is 1.47. The van der Waals surface area contributed by atoms with Crippen LogP contribution in [-0.4, -0.2) is 15.9 Å². The highest BCUT2D eigenvalue weighted by Crippen LogP contribution is 2.12. The van der Waals surface area contributed by atoms with Gasteiger partial charge in [-0.3, -0.25) is 4.79 Å². The second-order valence-electron chi connectivity index (χ2n) is 2.38. The molecule has 0 amide bonds. The second-order valence-corrected chi connectivity index (χ2v) is 2.38. The zero-order valence-corrected chi connectivity index (χ0v) is 6.52. The van der Waals surface area contributed by atoms with Crippen LogP contribution in [0.2, 0.25) is 0 Å². The van der Waals surface area contributed by atoms with E-state index in [0.717, 1.165) is 0 Å². The van der Waals surface area contributed by atoms with Gasteiger partial charge in [0.15, 0.2) is 5.78 Å². The maximum atomic E-state index is 10.8. The Balaban J connectivity index is 3.12. The Labute approximate surface area is 69.0 Å². The van der Waals surface area contributed by atoms with Crippen molar-refractivity contribution >= 4 is 11.5 Å². The Morgan fingerprint density at radius 3 is 2.67 bits per heavy atom. The molecule has 0 saturated heterocycles. The molecule has 0 aromatic heterocycles. The molecule has 1 N–H and O–H groups in total. The Kier molecular flexibility index (Phi) is 2.19. The van der Waals surface area contributed by atoms with E-state index >= 15 is 0 Å². The molecule has 4 heteroatoms. The molecule has 0 bridgehead atoms. The van der Waals surface area contributed by atoms with Crippen LogP contribution in [0.4, 0.5) is 5.69 Å². The first-order valence-corrected chi connectivity index (χ1v) is 3.38. The first-order chi connectivity index (χ1) is 5.61. The van der Waals surface area contributed by atoms with Crippen LogP contribution < -0.4 is 0 Å². The van der Waals surface area contributed by atoms with Crippen LogP contribution in [0.1, 0.15) is 17.3 Å². The van der Waals surface area contributed by atoms with Crippen LogP contribution in [0.15, 0.2) is 24.3 Å². The van der Waals surface area contributed by atoms with Crippen LogP contribution >= 0.6 is 0 Å². The predicted octanol–water partition coefficient (Wildman–Crippen LogP) is 1.69. The molecular formula is C8H8NO3+. The summed E-state index contributed by atoms with van der Waals surface area (Å²) in [4.78, 5) is 20.9. The summed E-state index contributed by atoms with van der Waals surface area (Å²) >= 11 is 0. The second kappa shape index (κ2) is 3.13. The predicted molar refractivity (Wildman–Crippen MR) is 41.5 cm³/mol. The number of Topliss-reactive ketones (excluding diaryl/α,β-unsaturated/α-hetero) is 1. The smallest absolute Gasteiger partial charge is 0.295 e. The molecule has 0 aliphatic rings. The summed E-state index contributed by atoms with van der Waals surface area (Å²) in [6.07, 6.45) is 0. The largest absolute Gasteiger partial charge is 0.317 e. The third-order valence-corrected chi connectivity index (χ3v) is 1.47. The van der Waals surface area contributed by atoms with Crippen molar-refractivity contribution < 1.29 is 14.9 Å². The molecule has 4 nitrogen and oxygen atoms in total. The first kappa shape index (κ1) is 8.39. The molecule has 12 heavy (non-hydrogen) atoms. The molecule has 0 fully saturated rings. The summed E-state index contributed by atoms with van der Waals surface area (Å²) in [5, 5.41) is 8.50. The van der Waals surface area contributed by atoms with Gasteiger partial charge in [0.05, 0.1) is 4.91 Å². The number of rotatable bonds is 2. The van der Waals surface area contributed by atoms with Crippen molar-refractivity contribution in [3.05, 3.63) is 34.7 Å². The van der Waals surface area contributed by atoms with Gasteiger partial charge < -0.3 is 0 Å². The summed E-state index contributed by atoms with van der Waals surface area (Å²) in [5.41, 5.74) is 0.463. The Morgan fingerprint density at radius 2 is 2.17 bits per heavy atom. The lowest BCUT2D eigenvalue weighted by atomic mass is 10.1. The normalized spacial score (nSPS) is 9.42. The highest BCUT2D eigenvalue weighted by atomic mass is 16.6. The van der Waals surface area contributed by atoms with E-state index in [1.165, 1.54) is 25.1 Å². The Morgan fingerprint density at radius 1 is 1.50 bits per heavy atom. The number of nitrogens with zero attached hydrogens (tertiary/aromatic N) is 1. The zero-order valence-electron chi connectivity index (χ0n) is 6.52. The van der Waals surface area contributed by atoms with Gasteiger partial charge >= 0.3 is 5.69 Å². The van der Waals surface area contributed by atoms with Crippen LogP contribution in [0.5, 0.6) is 0 Å². The van der Waals surface area contributed by atoms with Crippen molar-refractivity contribution in [3.8, 4) is 0 Å². The van der Waals surface area contributed by atoms with Gasteiger partial charge in [0, 0.05) is 17.7 Å². The van der Waals surface area contributed by atoms with Gasteiger partial charge in [0.2, 0.25) is 0 Å². The average molecular weight is 166 g/mol. The highest BCUT2D eigenvalue weighted by molar-refractivity contribution is 5.94. The van der Waals surface area contributed by atoms with Crippen molar-refractivity contribution in [1.29, 1.82) is 0 Å². The molecule has 62 valence electrons. The number of hydrogen-bond acceptors (Lipinski definition) is 2. The van der Waals surface area contributed by atoms with Gasteiger partial charge in [-0.25, -0.2) is 5.21 Å². The lowest BCUT2D eigenvalue weighted by molar-refractivity contribution is -0.729. The van der Waals surface area contributed by atoms with Crippen molar-refractivity contribution in [1.82, 2.24) is 0 Å². The Bertz CT molecular complexity index is 304. The van der Waals surface area contributed by atoms with Crippen LogP contribution in [0.25, 0.3) is 0 Å². The molecule has 0 saturated carbocycles. The minimum atomic E-state index is -0.271. The molecule has 0 atom stereocenters. The van der Waals surface area contributed by atoms with Gasteiger partial charge in [-0.1, -0.05) is 12.1 Å². The summed E-state index contributed by atoms with van der Waals surface area (Å²) in [6, 6.07) is 5.86. The number of benzene rings is 1. The van der Waals surface area contributed by atoms with Crippen molar-refractivity contribution in [2.24, 2.45) is 0 Å². The molecule has 0 unspecified atom stereocenters. The van der Waals surface area contributed by atoms with E-state index in [-0.39, 0.29) is 16.4 Å². The number of hydrogen-bond donors (Lipinski definition) is 1. The Hall–Kier alpha value is -1.71. The first-order valence-electron chi connectivity index (χ1n) is 3.38. The number of carbonyl (C=O) groups excluding carboxylic acids is 1. The minimum absolute atomic E-state index is 0.0581. The fourth-order valence-corrected chi connectivity index (χ4v) is 0.844. The lowest BCUT2D eigenvalue weighted by Crippen LogP contribution is -1.96. The monoisotopic (exact) mass is 166 g/mol. The standard InChI is InChI=1S/C8H8NO3/c1-6(10)7-3-2-4-8(5-7)9(11)12/h2-5H,1H3,(H,11,12)/q+1. The zero-order chi connectivity index (χ0) is 9.14. The van der Waals surface area contributed by atoms with Gasteiger partial charge in [-0.2, -0.15) is 0 Å². The molecular weight excluding hydrogens is 158 g/mol. The topological polar surface area (TPSA) is 57.4 Å². The quantitative estimate of drug-likeness (QED) is 0.537. The lowest BCUT2D eigenvalue weighted by Gasteiger charge is -1.91. The molecule has 1 aromatic rings. The van der Waals surface area contributed by atoms with Crippen LogP contribution in [-0.2, 0) is 0 Å². The molecule has 0 aliphatic carbocycles. The van der Waals surface area contributed by atoms with Gasteiger partial charge in [0.25, 0.3) is 4.92 Å². The van der Waals surface area contributed by atoms with Crippen LogP contribution in [0, 0.1) is 4.91 Å². The van der Waals surface area contributed by atoms with Crippen molar-refractivity contribution in [2.75, 3.05) is 0 Å². The van der Waals surface area contributed by atoms with Gasteiger partial charge in [-0.05, 0) is 6.92 Å². The van der Waals surface area contributed by atoms with E-state index in [1.54, 1.807) is 6.07 Å². The maximum Gasteiger partial charge on any atom is 0.317 e. The van der Waals surface area contributed by atoms with E-state index < -0.39 is 0 Å². The van der Waals surface area contributed by atoms with Crippen molar-refractivity contribution in [3.63, 3.8) is 0 Å². The molecule has 1 aromatic carbocycles. The van der Waals surface area contributed by atoms with E-state index in [1.807, 2.05) is 0 Å².